The molecule has 0 spiro atoms. The predicted octanol–water partition coefficient (Wildman–Crippen LogP) is 6.82. The van der Waals surface area contributed by atoms with Gasteiger partial charge in [-0.05, 0) is 35.7 Å². The molecule has 0 radical (unpaired) electrons. The van der Waals surface area contributed by atoms with Crippen molar-refractivity contribution in [3.05, 3.63) is 143 Å². The van der Waals surface area contributed by atoms with Crippen LogP contribution in [0.1, 0.15) is 32.7 Å². The molecule has 5 aromatic rings. The smallest absolute Gasteiger partial charge is 0.346 e. The van der Waals surface area contributed by atoms with Gasteiger partial charge in [0.2, 0.25) is 0 Å². The number of hydrogen-bond acceptors (Lipinski definition) is 9. The third-order valence-electron chi connectivity index (χ3n) is 6.93. The number of hydrogen-bond donors (Lipinski definition) is 1. The number of rotatable bonds is 13. The lowest BCUT2D eigenvalue weighted by atomic mass is 10.1. The van der Waals surface area contributed by atoms with Crippen molar-refractivity contribution in [2.24, 2.45) is 0 Å². The van der Waals surface area contributed by atoms with Gasteiger partial charge in [-0.2, -0.15) is 0 Å². The second-order valence-corrected chi connectivity index (χ2v) is 14.9. The third-order valence-corrected chi connectivity index (χ3v) is 11.6. The molecule has 0 bridgehead atoms. The normalized spacial score (nSPS) is 11.8. The van der Waals surface area contributed by atoms with Gasteiger partial charge in [0, 0.05) is 12.0 Å². The fourth-order valence-corrected chi connectivity index (χ4v) is 8.61. The minimum absolute atomic E-state index is 0.0109. The number of nitrogens with two attached hydrogens (primary N) is 1. The van der Waals surface area contributed by atoms with E-state index in [-0.39, 0.29) is 41.8 Å². The van der Waals surface area contributed by atoms with Crippen molar-refractivity contribution >= 4 is 29.0 Å². The Morgan fingerprint density at radius 2 is 1.33 bits per heavy atom. The summed E-state index contributed by atoms with van der Waals surface area (Å²) in [5.41, 5.74) is 9.57. The number of benzene rings is 4. The highest BCUT2D eigenvalue weighted by molar-refractivity contribution is 7.97. The summed E-state index contributed by atoms with van der Waals surface area (Å²) in [4.78, 5) is 21.7. The van der Waals surface area contributed by atoms with Crippen molar-refractivity contribution in [2.75, 3.05) is 11.2 Å². The van der Waals surface area contributed by atoms with Crippen LogP contribution in [0, 0.1) is 6.92 Å². The fourth-order valence-electron chi connectivity index (χ4n) is 4.44. The van der Waals surface area contributed by atoms with Crippen LogP contribution in [0.5, 0.6) is 0 Å². The minimum atomic E-state index is -4.12. The Morgan fingerprint density at radius 1 is 0.778 bits per heavy atom. The van der Waals surface area contributed by atoms with Crippen molar-refractivity contribution in [3.8, 4) is 11.3 Å². The van der Waals surface area contributed by atoms with Gasteiger partial charge in [-0.25, -0.2) is 18.4 Å². The Morgan fingerprint density at radius 3 is 1.89 bits per heavy atom. The van der Waals surface area contributed by atoms with E-state index in [1.165, 1.54) is 30.5 Å². The number of sulfone groups is 1. The van der Waals surface area contributed by atoms with Gasteiger partial charge in [0.15, 0.2) is 26.9 Å². The molecule has 0 saturated carbocycles. The zero-order valence-corrected chi connectivity index (χ0v) is 26.3. The lowest BCUT2D eigenvalue weighted by Crippen LogP contribution is -2.13. The minimum Gasteiger partial charge on any atom is -0.382 e. The maximum atomic E-state index is 13.8. The average Bonchev–Trinajstić information content (AvgIpc) is 3.05. The first-order valence-corrected chi connectivity index (χ1v) is 17.5. The van der Waals surface area contributed by atoms with Crippen molar-refractivity contribution in [1.82, 2.24) is 9.97 Å². The van der Waals surface area contributed by atoms with Gasteiger partial charge in [0.05, 0.1) is 30.0 Å². The van der Waals surface area contributed by atoms with Gasteiger partial charge in [-0.15, -0.1) is 0 Å². The maximum Gasteiger partial charge on any atom is 0.346 e. The Labute approximate surface area is 262 Å². The number of aromatic nitrogens is 2. The molecule has 5 rings (SSSR count). The van der Waals surface area contributed by atoms with Gasteiger partial charge >= 0.3 is 7.60 Å². The molecule has 0 aliphatic rings. The second-order valence-electron chi connectivity index (χ2n) is 10.5. The number of anilines is 1. The van der Waals surface area contributed by atoms with E-state index >= 15 is 0 Å². The van der Waals surface area contributed by atoms with E-state index in [9.17, 15) is 17.8 Å². The Balaban J connectivity index is 1.30. The van der Waals surface area contributed by atoms with Crippen LogP contribution >= 0.6 is 7.60 Å². The number of carbonyl (C=O) groups excluding carboxylic acids is 1. The molecule has 0 fully saturated rings. The summed E-state index contributed by atoms with van der Waals surface area (Å²) in [6.07, 6.45) is 1.44. The molecule has 0 atom stereocenters. The van der Waals surface area contributed by atoms with Crippen LogP contribution < -0.4 is 5.73 Å². The van der Waals surface area contributed by atoms with E-state index in [1.54, 1.807) is 48.5 Å². The first kappa shape index (κ1) is 31.9. The highest BCUT2D eigenvalue weighted by Crippen LogP contribution is 2.51. The molecule has 9 nitrogen and oxygen atoms in total. The van der Waals surface area contributed by atoms with Crippen LogP contribution in [0.3, 0.4) is 0 Å². The molecule has 1 aromatic heterocycles. The second kappa shape index (κ2) is 14.1. The van der Waals surface area contributed by atoms with Crippen molar-refractivity contribution in [2.45, 2.75) is 31.5 Å². The molecule has 0 unspecified atom stereocenters. The summed E-state index contributed by atoms with van der Waals surface area (Å²) in [6, 6.07) is 31.5. The predicted molar refractivity (Wildman–Crippen MR) is 173 cm³/mol. The highest BCUT2D eigenvalue weighted by atomic mass is 32.2. The van der Waals surface area contributed by atoms with E-state index in [4.69, 9.17) is 14.8 Å². The molecule has 11 heteroatoms. The largest absolute Gasteiger partial charge is 0.382 e. The number of nitrogen functional groups attached to an aromatic ring is 1. The number of Topliss-reactive ketones (excluding diaryl/α,β-unsaturated/α-hetero) is 1. The van der Waals surface area contributed by atoms with Crippen LogP contribution in [0.4, 0.5) is 5.82 Å². The van der Waals surface area contributed by atoms with Gasteiger partial charge < -0.3 is 14.8 Å². The van der Waals surface area contributed by atoms with Gasteiger partial charge in [0.1, 0.15) is 5.69 Å². The Hall–Kier alpha value is -4.47. The molecular formula is C34H32N3O6PS. The lowest BCUT2D eigenvalue weighted by molar-refractivity contribution is 0.0989. The standard InChI is InChI=1S/C34H32N3O6PS/c1-25-12-16-29(17-13-25)31-21-36-34(35)33(37-31)32(38)20-26-14-18-30(19-15-26)45(40,41)24-44(39,42-22-27-8-4-2-5-9-27)43-23-28-10-6-3-7-11-28/h2-19,21H,20,22-24H2,1H3,(H2,35,36). The van der Waals surface area contributed by atoms with Crippen molar-refractivity contribution in [3.63, 3.8) is 0 Å². The summed E-state index contributed by atoms with van der Waals surface area (Å²) in [7, 11) is -8.23. The van der Waals surface area contributed by atoms with E-state index < -0.39 is 22.9 Å². The topological polar surface area (TPSA) is 139 Å². The number of aryl methyl sites for hydroxylation is 1. The summed E-state index contributed by atoms with van der Waals surface area (Å²) in [5.74, 6) is -0.352. The number of carbonyl (C=O) groups is 1. The molecule has 0 saturated heterocycles. The van der Waals surface area contributed by atoms with E-state index in [1.807, 2.05) is 43.3 Å². The molecular weight excluding hydrogens is 609 g/mol. The Kier molecular flexibility index (Phi) is 10.0. The number of ketones is 1. The van der Waals surface area contributed by atoms with E-state index in [0.717, 1.165) is 22.3 Å². The van der Waals surface area contributed by atoms with E-state index in [0.29, 0.717) is 11.3 Å². The molecule has 1 heterocycles. The molecule has 4 aromatic carbocycles. The lowest BCUT2D eigenvalue weighted by Gasteiger charge is -2.19. The van der Waals surface area contributed by atoms with Crippen LogP contribution in [-0.4, -0.2) is 29.7 Å². The van der Waals surface area contributed by atoms with Crippen LogP contribution in [0.2, 0.25) is 0 Å². The van der Waals surface area contributed by atoms with Crippen LogP contribution in [0.15, 0.2) is 120 Å². The number of nitrogens with zero attached hydrogens (tertiary/aromatic N) is 2. The molecule has 0 aliphatic heterocycles. The summed E-state index contributed by atoms with van der Waals surface area (Å²) in [5, 5.41) is 0. The molecule has 2 N–H and O–H groups in total. The van der Waals surface area contributed by atoms with Crippen LogP contribution in [0.25, 0.3) is 11.3 Å². The maximum absolute atomic E-state index is 13.8. The van der Waals surface area contributed by atoms with Crippen LogP contribution in [-0.2, 0) is 43.1 Å². The average molecular weight is 642 g/mol. The summed E-state index contributed by atoms with van der Waals surface area (Å²) < 4.78 is 52.0. The van der Waals surface area contributed by atoms with Gasteiger partial charge in [0.25, 0.3) is 0 Å². The monoisotopic (exact) mass is 641 g/mol. The quantitative estimate of drug-likeness (QED) is 0.108. The first-order valence-electron chi connectivity index (χ1n) is 14.1. The van der Waals surface area contributed by atoms with E-state index in [2.05, 4.69) is 9.97 Å². The zero-order valence-electron chi connectivity index (χ0n) is 24.6. The first-order chi connectivity index (χ1) is 21.6. The molecule has 45 heavy (non-hydrogen) atoms. The molecule has 0 amide bonds. The summed E-state index contributed by atoms with van der Waals surface area (Å²) >= 11 is 0. The SMILES string of the molecule is Cc1ccc(-c2cnc(N)c(C(=O)Cc3ccc(S(=O)(=O)CP(=O)(OCc4ccccc4)OCc4ccccc4)cc3)n2)cc1. The van der Waals surface area contributed by atoms with Crippen molar-refractivity contribution in [1.29, 1.82) is 0 Å². The summed E-state index contributed by atoms with van der Waals surface area (Å²) in [6.45, 7) is 1.81. The molecule has 230 valence electrons. The van der Waals surface area contributed by atoms with Crippen molar-refractivity contribution < 1.29 is 26.8 Å². The Bertz CT molecular complexity index is 1870. The van der Waals surface area contributed by atoms with Gasteiger partial charge in [-0.1, -0.05) is 103 Å². The third kappa shape index (κ3) is 8.59. The highest BCUT2D eigenvalue weighted by Gasteiger charge is 2.34. The van der Waals surface area contributed by atoms with Gasteiger partial charge in [-0.3, -0.25) is 9.36 Å². The molecule has 0 aliphatic carbocycles. The fraction of sp³-hybridized carbons (Fsp3) is 0.147. The zero-order chi connectivity index (χ0) is 31.9.